The van der Waals surface area contributed by atoms with Crippen molar-refractivity contribution in [3.05, 3.63) is 28.8 Å². The topological polar surface area (TPSA) is 66.5 Å². The molecule has 22 heavy (non-hydrogen) atoms. The van der Waals surface area contributed by atoms with Crippen molar-refractivity contribution in [3.63, 3.8) is 0 Å². The number of carbonyl (C=O) groups excluding carboxylic acids is 1. The minimum atomic E-state index is -3.58. The number of halogens is 1. The first-order chi connectivity index (χ1) is 10.0. The molecule has 1 atom stereocenters. The van der Waals surface area contributed by atoms with Gasteiger partial charge in [-0.3, -0.25) is 9.10 Å². The first-order valence-electron chi connectivity index (χ1n) is 7.05. The summed E-state index contributed by atoms with van der Waals surface area (Å²) in [5, 5.41) is 3.33. The Morgan fingerprint density at radius 1 is 1.32 bits per heavy atom. The van der Waals surface area contributed by atoms with Gasteiger partial charge >= 0.3 is 0 Å². The number of nitrogens with zero attached hydrogens (tertiary/aromatic N) is 1. The van der Waals surface area contributed by atoms with Gasteiger partial charge in [-0.15, -0.1) is 0 Å². The van der Waals surface area contributed by atoms with E-state index in [1.54, 1.807) is 25.1 Å². The molecule has 7 heteroatoms. The average Bonchev–Trinajstić information content (AvgIpc) is 2.35. The second-order valence-electron chi connectivity index (χ2n) is 5.80. The Morgan fingerprint density at radius 3 is 2.36 bits per heavy atom. The summed E-state index contributed by atoms with van der Waals surface area (Å²) in [7, 11) is -3.58. The number of anilines is 1. The highest BCUT2D eigenvalue weighted by molar-refractivity contribution is 7.92. The van der Waals surface area contributed by atoms with E-state index in [0.29, 0.717) is 16.3 Å². The molecule has 0 aliphatic heterocycles. The van der Waals surface area contributed by atoms with E-state index >= 15 is 0 Å². The lowest BCUT2D eigenvalue weighted by molar-refractivity contribution is -0.120. The Bertz CT molecular complexity index is 644. The van der Waals surface area contributed by atoms with Crippen LogP contribution in [0.3, 0.4) is 0 Å². The molecule has 0 radical (unpaired) electrons. The van der Waals surface area contributed by atoms with E-state index in [0.717, 1.165) is 10.6 Å². The van der Waals surface area contributed by atoms with E-state index in [2.05, 4.69) is 5.32 Å². The molecule has 1 aromatic rings. The third-order valence-electron chi connectivity index (χ3n) is 3.50. The quantitative estimate of drug-likeness (QED) is 0.860. The van der Waals surface area contributed by atoms with Crippen LogP contribution in [0.1, 0.15) is 26.3 Å². The van der Waals surface area contributed by atoms with Crippen LogP contribution in [-0.4, -0.2) is 33.2 Å². The molecule has 1 aromatic carbocycles. The SMILES string of the molecule is Cc1cc(Cl)ccc1N(CC(=O)N[C@H](C)C(C)C)S(C)(=O)=O. The molecular formula is C15H23ClN2O3S. The fourth-order valence-corrected chi connectivity index (χ4v) is 3.02. The van der Waals surface area contributed by atoms with Gasteiger partial charge in [0.15, 0.2) is 0 Å². The summed E-state index contributed by atoms with van der Waals surface area (Å²) in [6.07, 6.45) is 1.08. The first-order valence-corrected chi connectivity index (χ1v) is 9.28. The van der Waals surface area contributed by atoms with Crippen molar-refractivity contribution in [3.8, 4) is 0 Å². The van der Waals surface area contributed by atoms with E-state index in [-0.39, 0.29) is 24.4 Å². The van der Waals surface area contributed by atoms with Crippen LogP contribution in [0.25, 0.3) is 0 Å². The summed E-state index contributed by atoms with van der Waals surface area (Å²) < 4.78 is 25.2. The summed E-state index contributed by atoms with van der Waals surface area (Å²) >= 11 is 5.90. The van der Waals surface area contributed by atoms with Gasteiger partial charge in [-0.2, -0.15) is 0 Å². The predicted molar refractivity (Wildman–Crippen MR) is 90.8 cm³/mol. The van der Waals surface area contributed by atoms with E-state index in [4.69, 9.17) is 11.6 Å². The van der Waals surface area contributed by atoms with Crippen LogP contribution in [0.4, 0.5) is 5.69 Å². The summed E-state index contributed by atoms with van der Waals surface area (Å²) in [5.41, 5.74) is 1.15. The maximum atomic E-state index is 12.1. The Hall–Kier alpha value is -1.27. The second kappa shape index (κ2) is 7.33. The smallest absolute Gasteiger partial charge is 0.240 e. The number of amides is 1. The van der Waals surface area contributed by atoms with Crippen molar-refractivity contribution in [2.45, 2.75) is 33.7 Å². The molecule has 0 saturated carbocycles. The molecule has 1 rings (SSSR count). The van der Waals surface area contributed by atoms with Crippen molar-refractivity contribution in [2.24, 2.45) is 5.92 Å². The van der Waals surface area contributed by atoms with E-state index < -0.39 is 10.0 Å². The normalized spacial score (nSPS) is 13.0. The van der Waals surface area contributed by atoms with Gasteiger partial charge < -0.3 is 5.32 Å². The standard InChI is InChI=1S/C15H23ClN2O3S/c1-10(2)12(4)17-15(19)9-18(22(5,20)21)14-7-6-13(16)8-11(14)3/h6-8,10,12H,9H2,1-5H3,(H,17,19)/t12-/m1/s1. The number of benzene rings is 1. The van der Waals surface area contributed by atoms with Gasteiger partial charge in [0.2, 0.25) is 15.9 Å². The fourth-order valence-electron chi connectivity index (χ4n) is 1.88. The van der Waals surface area contributed by atoms with Crippen molar-refractivity contribution in [1.29, 1.82) is 0 Å². The lowest BCUT2D eigenvalue weighted by Crippen LogP contribution is -2.44. The zero-order chi connectivity index (χ0) is 17.1. The van der Waals surface area contributed by atoms with Crippen LogP contribution in [-0.2, 0) is 14.8 Å². The number of rotatable bonds is 6. The summed E-state index contributed by atoms with van der Waals surface area (Å²) in [4.78, 5) is 12.1. The zero-order valence-corrected chi connectivity index (χ0v) is 15.1. The number of sulfonamides is 1. The highest BCUT2D eigenvalue weighted by atomic mass is 35.5. The maximum absolute atomic E-state index is 12.1. The monoisotopic (exact) mass is 346 g/mol. The van der Waals surface area contributed by atoms with Crippen molar-refractivity contribution in [1.82, 2.24) is 5.32 Å². The van der Waals surface area contributed by atoms with Gasteiger partial charge in [0, 0.05) is 11.1 Å². The van der Waals surface area contributed by atoms with Crippen LogP contribution >= 0.6 is 11.6 Å². The summed E-state index contributed by atoms with van der Waals surface area (Å²) in [6.45, 7) is 7.37. The highest BCUT2D eigenvalue weighted by Crippen LogP contribution is 2.25. The van der Waals surface area contributed by atoms with Gasteiger partial charge in [-0.1, -0.05) is 25.4 Å². The number of carbonyl (C=O) groups is 1. The lowest BCUT2D eigenvalue weighted by Gasteiger charge is -2.25. The van der Waals surface area contributed by atoms with Crippen molar-refractivity contribution < 1.29 is 13.2 Å². The number of aryl methyl sites for hydroxylation is 1. The molecule has 0 aromatic heterocycles. The third-order valence-corrected chi connectivity index (χ3v) is 4.87. The molecule has 0 heterocycles. The highest BCUT2D eigenvalue weighted by Gasteiger charge is 2.23. The molecule has 5 nitrogen and oxygen atoms in total. The van der Waals surface area contributed by atoms with E-state index in [1.165, 1.54) is 0 Å². The molecule has 0 unspecified atom stereocenters. The van der Waals surface area contributed by atoms with Crippen molar-refractivity contribution >= 4 is 33.2 Å². The van der Waals surface area contributed by atoms with E-state index in [1.807, 2.05) is 20.8 Å². The van der Waals surface area contributed by atoms with Gasteiger partial charge in [-0.25, -0.2) is 8.42 Å². The predicted octanol–water partition coefficient (Wildman–Crippen LogP) is 2.58. The molecule has 0 fully saturated rings. The molecule has 0 saturated heterocycles. The molecule has 0 bridgehead atoms. The first kappa shape index (κ1) is 18.8. The Kier molecular flexibility index (Phi) is 6.26. The molecule has 0 aliphatic rings. The number of hydrogen-bond acceptors (Lipinski definition) is 3. The van der Waals surface area contributed by atoms with Crippen LogP contribution in [0.5, 0.6) is 0 Å². The molecule has 0 aliphatic carbocycles. The molecule has 1 N–H and O–H groups in total. The minimum Gasteiger partial charge on any atom is -0.352 e. The fraction of sp³-hybridized carbons (Fsp3) is 0.533. The molecule has 0 spiro atoms. The summed E-state index contributed by atoms with van der Waals surface area (Å²) in [6, 6.07) is 4.86. The Labute approximate surface area is 137 Å². The lowest BCUT2D eigenvalue weighted by atomic mass is 10.1. The number of hydrogen-bond donors (Lipinski definition) is 1. The zero-order valence-electron chi connectivity index (χ0n) is 13.6. The third kappa shape index (κ3) is 5.18. The van der Waals surface area contributed by atoms with Gasteiger partial charge in [0.25, 0.3) is 0 Å². The largest absolute Gasteiger partial charge is 0.352 e. The maximum Gasteiger partial charge on any atom is 0.240 e. The molecular weight excluding hydrogens is 324 g/mol. The molecule has 1 amide bonds. The van der Waals surface area contributed by atoms with Crippen LogP contribution in [0, 0.1) is 12.8 Å². The van der Waals surface area contributed by atoms with Gasteiger partial charge in [0.05, 0.1) is 11.9 Å². The second-order valence-corrected chi connectivity index (χ2v) is 8.14. The van der Waals surface area contributed by atoms with Crippen LogP contribution in [0.15, 0.2) is 18.2 Å². The molecule has 124 valence electrons. The summed E-state index contributed by atoms with van der Waals surface area (Å²) in [5.74, 6) is -0.0612. The van der Waals surface area contributed by atoms with Crippen LogP contribution < -0.4 is 9.62 Å². The minimum absolute atomic E-state index is 0.0276. The Balaban J connectivity index is 3.03. The van der Waals surface area contributed by atoms with Gasteiger partial charge in [0.1, 0.15) is 6.54 Å². The Morgan fingerprint density at radius 2 is 1.91 bits per heavy atom. The van der Waals surface area contributed by atoms with Gasteiger partial charge in [-0.05, 0) is 43.5 Å². The average molecular weight is 347 g/mol. The van der Waals surface area contributed by atoms with Crippen molar-refractivity contribution in [2.75, 3.05) is 17.1 Å². The van der Waals surface area contributed by atoms with E-state index in [9.17, 15) is 13.2 Å². The number of nitrogens with one attached hydrogen (secondary N) is 1. The van der Waals surface area contributed by atoms with Crippen LogP contribution in [0.2, 0.25) is 5.02 Å².